The highest BCUT2D eigenvalue weighted by Crippen LogP contribution is 2.23. The lowest BCUT2D eigenvalue weighted by atomic mass is 10.2. The van der Waals surface area contributed by atoms with Gasteiger partial charge in [0, 0.05) is 33.7 Å². The molecule has 1 atom stereocenters. The minimum absolute atomic E-state index is 0.119. The van der Waals surface area contributed by atoms with E-state index >= 15 is 0 Å². The molecule has 1 aliphatic rings. The molecule has 6 nitrogen and oxygen atoms in total. The van der Waals surface area contributed by atoms with E-state index in [2.05, 4.69) is 10.6 Å². The Labute approximate surface area is 176 Å². The number of rotatable bonds is 4. The fourth-order valence-corrected chi connectivity index (χ4v) is 3.47. The fraction of sp³-hybridized carbons (Fsp3) is 0.211. The first kappa shape index (κ1) is 20.5. The van der Waals surface area contributed by atoms with Crippen LogP contribution in [0.3, 0.4) is 0 Å². The SMILES string of the molecule is O=C(NCc1ccc(Cl)cc1Cl)C1CCC(=O)N1C(=O)Nc1ccc(Cl)cc1. The van der Waals surface area contributed by atoms with Crippen molar-refractivity contribution in [3.05, 3.63) is 63.1 Å². The topological polar surface area (TPSA) is 78.5 Å². The Hall–Kier alpha value is -2.28. The van der Waals surface area contributed by atoms with Crippen molar-refractivity contribution in [1.29, 1.82) is 0 Å². The number of nitrogens with one attached hydrogen (secondary N) is 2. The average Bonchev–Trinajstić information content (AvgIpc) is 3.04. The van der Waals surface area contributed by atoms with Crippen molar-refractivity contribution in [1.82, 2.24) is 10.2 Å². The molecule has 4 amide bonds. The summed E-state index contributed by atoms with van der Waals surface area (Å²) in [6.45, 7) is 0.159. The van der Waals surface area contributed by atoms with Gasteiger partial charge in [0.2, 0.25) is 11.8 Å². The maximum atomic E-state index is 12.6. The summed E-state index contributed by atoms with van der Waals surface area (Å²) >= 11 is 17.8. The van der Waals surface area contributed by atoms with Gasteiger partial charge in [-0.3, -0.25) is 14.5 Å². The fourth-order valence-electron chi connectivity index (χ4n) is 2.87. The quantitative estimate of drug-likeness (QED) is 0.735. The molecule has 146 valence electrons. The summed E-state index contributed by atoms with van der Waals surface area (Å²) in [5.41, 5.74) is 1.15. The van der Waals surface area contributed by atoms with E-state index in [1.165, 1.54) is 0 Å². The average molecular weight is 441 g/mol. The van der Waals surface area contributed by atoms with Crippen LogP contribution in [0.1, 0.15) is 18.4 Å². The summed E-state index contributed by atoms with van der Waals surface area (Å²) in [4.78, 5) is 38.2. The van der Waals surface area contributed by atoms with Gasteiger partial charge >= 0.3 is 6.03 Å². The highest BCUT2D eigenvalue weighted by atomic mass is 35.5. The van der Waals surface area contributed by atoms with E-state index in [1.807, 2.05) is 0 Å². The number of nitrogens with zero attached hydrogens (tertiary/aromatic N) is 1. The highest BCUT2D eigenvalue weighted by molar-refractivity contribution is 6.35. The van der Waals surface area contributed by atoms with Gasteiger partial charge in [-0.25, -0.2) is 4.79 Å². The van der Waals surface area contributed by atoms with Crippen molar-refractivity contribution in [2.24, 2.45) is 0 Å². The Morgan fingerprint density at radius 2 is 1.71 bits per heavy atom. The number of imide groups is 1. The zero-order chi connectivity index (χ0) is 20.3. The maximum Gasteiger partial charge on any atom is 0.329 e. The zero-order valence-electron chi connectivity index (χ0n) is 14.5. The van der Waals surface area contributed by atoms with E-state index in [9.17, 15) is 14.4 Å². The molecule has 0 aliphatic carbocycles. The van der Waals surface area contributed by atoms with Crippen molar-refractivity contribution in [2.75, 3.05) is 5.32 Å². The summed E-state index contributed by atoms with van der Waals surface area (Å²) in [7, 11) is 0. The Kier molecular flexibility index (Phi) is 6.44. The predicted molar refractivity (Wildman–Crippen MR) is 109 cm³/mol. The van der Waals surface area contributed by atoms with E-state index in [1.54, 1.807) is 42.5 Å². The molecule has 1 heterocycles. The van der Waals surface area contributed by atoms with Crippen LogP contribution in [-0.2, 0) is 16.1 Å². The highest BCUT2D eigenvalue weighted by Gasteiger charge is 2.40. The standard InChI is InChI=1S/C19H16Cl3N3O3/c20-12-3-5-14(6-4-12)24-19(28)25-16(7-8-17(25)26)18(27)23-10-11-1-2-13(21)9-15(11)22/h1-6,9,16H,7-8,10H2,(H,23,27)(H,24,28). The summed E-state index contributed by atoms with van der Waals surface area (Å²) in [5.74, 6) is -0.834. The summed E-state index contributed by atoms with van der Waals surface area (Å²) < 4.78 is 0. The van der Waals surface area contributed by atoms with Crippen LogP contribution in [0, 0.1) is 0 Å². The number of halogens is 3. The first-order chi connectivity index (χ1) is 13.3. The minimum Gasteiger partial charge on any atom is -0.350 e. The van der Waals surface area contributed by atoms with Gasteiger partial charge in [-0.2, -0.15) is 0 Å². The lowest BCUT2D eigenvalue weighted by Crippen LogP contribution is -2.49. The lowest BCUT2D eigenvalue weighted by molar-refractivity contribution is -0.132. The minimum atomic E-state index is -0.883. The molecule has 1 saturated heterocycles. The molecular weight excluding hydrogens is 425 g/mol. The normalized spacial score (nSPS) is 16.2. The van der Waals surface area contributed by atoms with Gasteiger partial charge in [0.05, 0.1) is 0 Å². The van der Waals surface area contributed by atoms with Crippen LogP contribution in [0.5, 0.6) is 0 Å². The molecule has 2 N–H and O–H groups in total. The van der Waals surface area contributed by atoms with Crippen molar-refractivity contribution in [3.63, 3.8) is 0 Å². The Morgan fingerprint density at radius 1 is 1.04 bits per heavy atom. The lowest BCUT2D eigenvalue weighted by Gasteiger charge is -2.22. The Bertz CT molecular complexity index is 918. The second-order valence-corrected chi connectivity index (χ2v) is 7.49. The van der Waals surface area contributed by atoms with Gasteiger partial charge in [-0.05, 0) is 48.4 Å². The first-order valence-corrected chi connectivity index (χ1v) is 9.59. The van der Waals surface area contributed by atoms with E-state index in [0.29, 0.717) is 26.3 Å². The molecule has 2 aromatic carbocycles. The third-order valence-electron chi connectivity index (χ3n) is 4.30. The monoisotopic (exact) mass is 439 g/mol. The van der Waals surface area contributed by atoms with Crippen molar-refractivity contribution < 1.29 is 14.4 Å². The van der Waals surface area contributed by atoms with Gasteiger partial charge in [-0.15, -0.1) is 0 Å². The number of anilines is 1. The van der Waals surface area contributed by atoms with Gasteiger partial charge in [0.25, 0.3) is 0 Å². The molecule has 1 fully saturated rings. The smallest absolute Gasteiger partial charge is 0.329 e. The van der Waals surface area contributed by atoms with Crippen LogP contribution in [-0.4, -0.2) is 28.8 Å². The Balaban J connectivity index is 1.65. The van der Waals surface area contributed by atoms with Gasteiger partial charge in [-0.1, -0.05) is 40.9 Å². The second-order valence-electron chi connectivity index (χ2n) is 6.21. The molecular formula is C19H16Cl3N3O3. The van der Waals surface area contributed by atoms with Crippen LogP contribution in [0.15, 0.2) is 42.5 Å². The molecule has 0 radical (unpaired) electrons. The summed E-state index contributed by atoms with van der Waals surface area (Å²) in [6, 6.07) is 9.86. The number of carbonyl (C=O) groups excluding carboxylic acids is 3. The third kappa shape index (κ3) is 4.76. The molecule has 0 aromatic heterocycles. The van der Waals surface area contributed by atoms with Gasteiger partial charge in [0.1, 0.15) is 6.04 Å². The number of likely N-dealkylation sites (tertiary alicyclic amines) is 1. The number of carbonyl (C=O) groups is 3. The number of amides is 4. The maximum absolute atomic E-state index is 12.6. The van der Waals surface area contributed by atoms with Crippen LogP contribution >= 0.6 is 34.8 Å². The van der Waals surface area contributed by atoms with Gasteiger partial charge in [0.15, 0.2) is 0 Å². The van der Waals surface area contributed by atoms with E-state index in [-0.39, 0.29) is 19.4 Å². The number of urea groups is 1. The second kappa shape index (κ2) is 8.82. The number of hydrogen-bond acceptors (Lipinski definition) is 3. The summed E-state index contributed by atoms with van der Waals surface area (Å²) in [5, 5.41) is 6.76. The predicted octanol–water partition coefficient (Wildman–Crippen LogP) is 4.49. The summed E-state index contributed by atoms with van der Waals surface area (Å²) in [6.07, 6.45) is 0.376. The van der Waals surface area contributed by atoms with Crippen molar-refractivity contribution in [2.45, 2.75) is 25.4 Å². The van der Waals surface area contributed by atoms with Crippen LogP contribution < -0.4 is 10.6 Å². The molecule has 9 heteroatoms. The molecule has 3 rings (SSSR count). The van der Waals surface area contributed by atoms with E-state index < -0.39 is 23.9 Å². The van der Waals surface area contributed by atoms with Crippen molar-refractivity contribution in [3.8, 4) is 0 Å². The van der Waals surface area contributed by atoms with E-state index in [4.69, 9.17) is 34.8 Å². The molecule has 0 saturated carbocycles. The molecule has 28 heavy (non-hydrogen) atoms. The van der Waals surface area contributed by atoms with E-state index in [0.717, 1.165) is 4.90 Å². The number of benzene rings is 2. The molecule has 1 aliphatic heterocycles. The van der Waals surface area contributed by atoms with Crippen molar-refractivity contribution >= 4 is 58.3 Å². The molecule has 0 spiro atoms. The number of hydrogen-bond donors (Lipinski definition) is 2. The van der Waals surface area contributed by atoms with Crippen LogP contribution in [0.2, 0.25) is 15.1 Å². The van der Waals surface area contributed by atoms with Gasteiger partial charge < -0.3 is 10.6 Å². The molecule has 1 unspecified atom stereocenters. The Morgan fingerprint density at radius 3 is 2.39 bits per heavy atom. The molecule has 2 aromatic rings. The molecule has 0 bridgehead atoms. The van der Waals surface area contributed by atoms with Crippen LogP contribution in [0.4, 0.5) is 10.5 Å². The largest absolute Gasteiger partial charge is 0.350 e. The van der Waals surface area contributed by atoms with Crippen LogP contribution in [0.25, 0.3) is 0 Å². The first-order valence-electron chi connectivity index (χ1n) is 8.45. The zero-order valence-corrected chi connectivity index (χ0v) is 16.8. The third-order valence-corrected chi connectivity index (χ3v) is 5.14.